The van der Waals surface area contributed by atoms with Crippen LogP contribution in [0.3, 0.4) is 0 Å². The van der Waals surface area contributed by atoms with Crippen molar-refractivity contribution in [3.05, 3.63) is 0 Å². The molecule has 0 atom stereocenters. The van der Waals surface area contributed by atoms with Crippen LogP contribution in [0.1, 0.15) is 19.8 Å². The van der Waals surface area contributed by atoms with E-state index in [1.54, 1.807) is 0 Å². The molecule has 0 radical (unpaired) electrons. The minimum absolute atomic E-state index is 0.00523. The molecule has 1 rings (SSSR count). The standard InChI is InChI=1S/C7H11NO3/c1-5(7(9)10)8-11-4-6-2-3-6/h6H,2-4H2,1H3,(H,9,10). The number of rotatable bonds is 4. The molecule has 0 aromatic heterocycles. The summed E-state index contributed by atoms with van der Waals surface area (Å²) in [5, 5.41) is 11.8. The first-order valence-electron chi connectivity index (χ1n) is 3.60. The van der Waals surface area contributed by atoms with E-state index in [4.69, 9.17) is 9.94 Å². The molecule has 1 aliphatic rings. The topological polar surface area (TPSA) is 58.9 Å². The summed E-state index contributed by atoms with van der Waals surface area (Å²) in [6.07, 6.45) is 2.36. The summed E-state index contributed by atoms with van der Waals surface area (Å²) in [6, 6.07) is 0. The Morgan fingerprint density at radius 3 is 2.82 bits per heavy atom. The van der Waals surface area contributed by atoms with Crippen LogP contribution in [0.5, 0.6) is 0 Å². The smallest absolute Gasteiger partial charge is 0.353 e. The summed E-state index contributed by atoms with van der Waals surface area (Å²) in [5.74, 6) is -0.416. The fourth-order valence-corrected chi connectivity index (χ4v) is 0.563. The van der Waals surface area contributed by atoms with Gasteiger partial charge in [-0.25, -0.2) is 4.79 Å². The van der Waals surface area contributed by atoms with Gasteiger partial charge in [0.1, 0.15) is 6.61 Å². The molecule has 0 saturated heterocycles. The van der Waals surface area contributed by atoms with E-state index in [0.717, 1.165) is 0 Å². The Bertz CT molecular complexity index is 184. The SMILES string of the molecule is CC(=NOCC1CC1)C(=O)O. The van der Waals surface area contributed by atoms with Crippen LogP contribution in [-0.2, 0) is 9.63 Å². The van der Waals surface area contributed by atoms with Crippen molar-refractivity contribution in [3.63, 3.8) is 0 Å². The molecule has 4 heteroatoms. The maximum absolute atomic E-state index is 10.2. The number of carboxylic acids is 1. The highest BCUT2D eigenvalue weighted by Crippen LogP contribution is 2.28. The lowest BCUT2D eigenvalue weighted by Crippen LogP contribution is -2.08. The van der Waals surface area contributed by atoms with E-state index in [2.05, 4.69) is 5.16 Å². The first-order chi connectivity index (χ1) is 5.20. The van der Waals surface area contributed by atoms with Gasteiger partial charge in [0.05, 0.1) is 0 Å². The van der Waals surface area contributed by atoms with E-state index in [-0.39, 0.29) is 5.71 Å². The van der Waals surface area contributed by atoms with E-state index in [0.29, 0.717) is 12.5 Å². The number of oxime groups is 1. The number of hydrogen-bond acceptors (Lipinski definition) is 3. The van der Waals surface area contributed by atoms with Crippen LogP contribution in [0.25, 0.3) is 0 Å². The lowest BCUT2D eigenvalue weighted by molar-refractivity contribution is -0.129. The Labute approximate surface area is 64.8 Å². The van der Waals surface area contributed by atoms with Crippen LogP contribution >= 0.6 is 0 Å². The molecular formula is C7H11NO3. The molecule has 4 nitrogen and oxygen atoms in total. The van der Waals surface area contributed by atoms with Gasteiger partial charge in [-0.15, -0.1) is 0 Å². The van der Waals surface area contributed by atoms with Crippen molar-refractivity contribution in [2.45, 2.75) is 19.8 Å². The largest absolute Gasteiger partial charge is 0.477 e. The van der Waals surface area contributed by atoms with Gasteiger partial charge in [-0.3, -0.25) is 0 Å². The van der Waals surface area contributed by atoms with E-state index < -0.39 is 5.97 Å². The van der Waals surface area contributed by atoms with Gasteiger partial charge in [-0.2, -0.15) is 0 Å². The highest BCUT2D eigenvalue weighted by molar-refractivity contribution is 6.34. The number of hydrogen-bond donors (Lipinski definition) is 1. The van der Waals surface area contributed by atoms with Gasteiger partial charge in [-0.1, -0.05) is 5.16 Å². The Kier molecular flexibility index (Phi) is 2.46. The minimum atomic E-state index is -1.03. The molecule has 1 N–H and O–H groups in total. The normalized spacial score (nSPS) is 18.1. The van der Waals surface area contributed by atoms with Crippen LogP contribution in [0.2, 0.25) is 0 Å². The molecule has 0 spiro atoms. The second-order valence-corrected chi connectivity index (χ2v) is 2.72. The van der Waals surface area contributed by atoms with Crippen LogP contribution in [0.4, 0.5) is 0 Å². The summed E-state index contributed by atoms with van der Waals surface area (Å²) < 4.78 is 0. The quantitative estimate of drug-likeness (QED) is 0.486. The minimum Gasteiger partial charge on any atom is -0.477 e. The Morgan fingerprint density at radius 2 is 2.36 bits per heavy atom. The van der Waals surface area contributed by atoms with Crippen molar-refractivity contribution in [2.75, 3.05) is 6.61 Å². The average molecular weight is 157 g/mol. The van der Waals surface area contributed by atoms with E-state index in [1.807, 2.05) is 0 Å². The molecule has 1 saturated carbocycles. The fraction of sp³-hybridized carbons (Fsp3) is 0.714. The van der Waals surface area contributed by atoms with Crippen LogP contribution in [0.15, 0.2) is 5.16 Å². The van der Waals surface area contributed by atoms with Gasteiger partial charge >= 0.3 is 5.97 Å². The average Bonchev–Trinajstić information content (AvgIpc) is 2.71. The van der Waals surface area contributed by atoms with Crippen molar-refractivity contribution < 1.29 is 14.7 Å². The molecular weight excluding hydrogens is 146 g/mol. The number of carbonyl (C=O) groups is 1. The lowest BCUT2D eigenvalue weighted by Gasteiger charge is -1.95. The zero-order valence-electron chi connectivity index (χ0n) is 6.41. The maximum Gasteiger partial charge on any atom is 0.353 e. The summed E-state index contributed by atoms with van der Waals surface area (Å²) in [4.78, 5) is 15.0. The fourth-order valence-electron chi connectivity index (χ4n) is 0.563. The third-order valence-electron chi connectivity index (χ3n) is 1.52. The van der Waals surface area contributed by atoms with Crippen molar-refractivity contribution >= 4 is 11.7 Å². The highest BCUT2D eigenvalue weighted by atomic mass is 16.6. The molecule has 1 fully saturated rings. The summed E-state index contributed by atoms with van der Waals surface area (Å²) >= 11 is 0. The Morgan fingerprint density at radius 1 is 1.73 bits per heavy atom. The monoisotopic (exact) mass is 157 g/mol. The first-order valence-corrected chi connectivity index (χ1v) is 3.60. The molecule has 0 unspecified atom stereocenters. The van der Waals surface area contributed by atoms with Gasteiger partial charge < -0.3 is 9.94 Å². The van der Waals surface area contributed by atoms with Gasteiger partial charge in [0.2, 0.25) is 0 Å². The number of aliphatic carboxylic acids is 1. The molecule has 0 aromatic rings. The predicted molar refractivity (Wildman–Crippen MR) is 39.4 cm³/mol. The molecule has 0 aliphatic heterocycles. The van der Waals surface area contributed by atoms with Crippen molar-refractivity contribution in [1.29, 1.82) is 0 Å². The Balaban J connectivity index is 2.15. The molecule has 11 heavy (non-hydrogen) atoms. The molecule has 0 amide bonds. The Hall–Kier alpha value is -1.06. The molecule has 62 valence electrons. The van der Waals surface area contributed by atoms with Gasteiger partial charge in [0, 0.05) is 0 Å². The first kappa shape index (κ1) is 8.04. The van der Waals surface area contributed by atoms with E-state index in [9.17, 15) is 4.79 Å². The highest BCUT2D eigenvalue weighted by Gasteiger charge is 2.21. The molecule has 1 aliphatic carbocycles. The van der Waals surface area contributed by atoms with E-state index in [1.165, 1.54) is 19.8 Å². The van der Waals surface area contributed by atoms with Crippen LogP contribution in [0, 0.1) is 5.92 Å². The lowest BCUT2D eigenvalue weighted by atomic mass is 10.4. The van der Waals surface area contributed by atoms with E-state index >= 15 is 0 Å². The third kappa shape index (κ3) is 3.02. The second kappa shape index (κ2) is 3.37. The zero-order chi connectivity index (χ0) is 8.27. The number of nitrogens with zero attached hydrogens (tertiary/aromatic N) is 1. The predicted octanol–water partition coefficient (Wildman–Crippen LogP) is 0.873. The maximum atomic E-state index is 10.2. The molecule has 0 heterocycles. The third-order valence-corrected chi connectivity index (χ3v) is 1.52. The van der Waals surface area contributed by atoms with Gasteiger partial charge in [0.15, 0.2) is 5.71 Å². The van der Waals surface area contributed by atoms with Gasteiger partial charge in [-0.05, 0) is 25.7 Å². The molecule has 0 bridgehead atoms. The van der Waals surface area contributed by atoms with Gasteiger partial charge in [0.25, 0.3) is 0 Å². The summed E-state index contributed by atoms with van der Waals surface area (Å²) in [7, 11) is 0. The van der Waals surface area contributed by atoms with Crippen LogP contribution < -0.4 is 0 Å². The van der Waals surface area contributed by atoms with Crippen molar-refractivity contribution in [1.82, 2.24) is 0 Å². The number of carboxylic acid groups (broad SMARTS) is 1. The zero-order valence-corrected chi connectivity index (χ0v) is 6.41. The second-order valence-electron chi connectivity index (χ2n) is 2.72. The molecule has 0 aromatic carbocycles. The van der Waals surface area contributed by atoms with Crippen molar-refractivity contribution in [3.8, 4) is 0 Å². The van der Waals surface area contributed by atoms with Crippen molar-refractivity contribution in [2.24, 2.45) is 11.1 Å². The summed E-state index contributed by atoms with van der Waals surface area (Å²) in [6.45, 7) is 1.97. The summed E-state index contributed by atoms with van der Waals surface area (Å²) in [5.41, 5.74) is 0.00523. The van der Waals surface area contributed by atoms with Crippen LogP contribution in [-0.4, -0.2) is 23.4 Å².